The van der Waals surface area contributed by atoms with Crippen LogP contribution in [0.15, 0.2) is 73.3 Å². The summed E-state index contributed by atoms with van der Waals surface area (Å²) in [5.41, 5.74) is 3.21. The Hall–Kier alpha value is -1.68. The van der Waals surface area contributed by atoms with Crippen molar-refractivity contribution in [3.05, 3.63) is 95.6 Å². The number of carbonyl (C=O) groups is 2. The molecule has 146 valence electrons. The van der Waals surface area contributed by atoms with Gasteiger partial charge in [-0.2, -0.15) is 0 Å². The second kappa shape index (κ2) is 11.4. The lowest BCUT2D eigenvalue weighted by Gasteiger charge is -2.04. The first-order valence-electron chi connectivity index (χ1n) is 8.56. The van der Waals surface area contributed by atoms with Crippen LogP contribution < -0.4 is 57.1 Å². The third kappa shape index (κ3) is 6.73. The van der Waals surface area contributed by atoms with Crippen molar-refractivity contribution in [2.75, 3.05) is 0 Å². The Kier molecular flexibility index (Phi) is 9.88. The van der Waals surface area contributed by atoms with Gasteiger partial charge in [-0.1, -0.05) is 24.3 Å². The summed E-state index contributed by atoms with van der Waals surface area (Å²) in [5, 5.41) is 0. The van der Waals surface area contributed by atoms with Crippen molar-refractivity contribution in [3.63, 3.8) is 0 Å². The van der Waals surface area contributed by atoms with E-state index in [0.29, 0.717) is 24.0 Å². The molecule has 28 heavy (non-hydrogen) atoms. The summed E-state index contributed by atoms with van der Waals surface area (Å²) in [6, 6.07) is 14.7. The highest BCUT2D eigenvalue weighted by atomic mass is 127. The number of carbonyl (C=O) groups excluding carboxylic acids is 2. The highest BCUT2D eigenvalue weighted by Crippen LogP contribution is 2.11. The Morgan fingerprint density at radius 2 is 0.893 bits per heavy atom. The second-order valence-corrected chi connectivity index (χ2v) is 6.52. The molecule has 0 saturated carbocycles. The van der Waals surface area contributed by atoms with Crippen LogP contribution in [0.5, 0.6) is 0 Å². The zero-order valence-corrected chi connectivity index (χ0v) is 20.1. The molecular formula is C22H22I2N2O2. The van der Waals surface area contributed by atoms with Crippen LogP contribution in [0.2, 0.25) is 0 Å². The van der Waals surface area contributed by atoms with Crippen molar-refractivity contribution in [1.82, 2.24) is 0 Å². The molecule has 0 fully saturated rings. The Labute approximate surface area is 199 Å². The minimum absolute atomic E-state index is 0. The summed E-state index contributed by atoms with van der Waals surface area (Å²) < 4.78 is 3.86. The molecule has 3 aromatic rings. The topological polar surface area (TPSA) is 41.9 Å². The summed E-state index contributed by atoms with van der Waals surface area (Å²) in [4.78, 5) is 24.8. The van der Waals surface area contributed by atoms with Crippen LogP contribution in [0.1, 0.15) is 31.8 Å². The molecule has 0 aliphatic heterocycles. The minimum Gasteiger partial charge on any atom is -1.00 e. The van der Waals surface area contributed by atoms with Crippen LogP contribution in [-0.4, -0.2) is 11.6 Å². The Morgan fingerprint density at radius 3 is 1.18 bits per heavy atom. The zero-order chi connectivity index (χ0) is 18.5. The quantitative estimate of drug-likeness (QED) is 0.166. The van der Waals surface area contributed by atoms with Crippen LogP contribution in [-0.2, 0) is 26.9 Å². The highest BCUT2D eigenvalue weighted by Gasteiger charge is 2.11. The Bertz CT molecular complexity index is 844. The summed E-state index contributed by atoms with van der Waals surface area (Å²) in [7, 11) is 3.88. The van der Waals surface area contributed by atoms with Crippen LogP contribution in [0.4, 0.5) is 0 Å². The van der Waals surface area contributed by atoms with E-state index in [-0.39, 0.29) is 59.5 Å². The van der Waals surface area contributed by atoms with Crippen LogP contribution in [0.3, 0.4) is 0 Å². The number of aromatic nitrogens is 2. The summed E-state index contributed by atoms with van der Waals surface area (Å²) in [6.07, 6.45) is 8.41. The monoisotopic (exact) mass is 600 g/mol. The van der Waals surface area contributed by atoms with Gasteiger partial charge in [-0.05, 0) is 11.1 Å². The van der Waals surface area contributed by atoms with E-state index in [1.165, 1.54) is 0 Å². The first-order chi connectivity index (χ1) is 12.5. The van der Waals surface area contributed by atoms with E-state index in [1.54, 1.807) is 24.3 Å². The molecule has 0 radical (unpaired) electrons. The van der Waals surface area contributed by atoms with E-state index in [1.807, 2.05) is 72.3 Å². The lowest BCUT2D eigenvalue weighted by molar-refractivity contribution is -0.671. The molecular weight excluding hydrogens is 578 g/mol. The van der Waals surface area contributed by atoms with E-state index in [2.05, 4.69) is 0 Å². The fourth-order valence-electron chi connectivity index (χ4n) is 2.72. The number of hydrogen-bond acceptors (Lipinski definition) is 2. The number of nitrogens with zero attached hydrogens (tertiary/aromatic N) is 2. The zero-order valence-electron chi connectivity index (χ0n) is 15.8. The number of halogens is 2. The van der Waals surface area contributed by atoms with Gasteiger partial charge in [0, 0.05) is 48.2 Å². The lowest BCUT2D eigenvalue weighted by Crippen LogP contribution is -3.00. The maximum atomic E-state index is 12.4. The minimum atomic E-state index is 0. The third-order valence-electron chi connectivity index (χ3n) is 4.35. The number of ketones is 2. The van der Waals surface area contributed by atoms with Gasteiger partial charge < -0.3 is 48.0 Å². The number of Topliss-reactive ketones (excluding diaryl/α,β-unsaturated/α-hetero) is 2. The van der Waals surface area contributed by atoms with Crippen molar-refractivity contribution in [3.8, 4) is 0 Å². The fourth-order valence-corrected chi connectivity index (χ4v) is 2.72. The first kappa shape index (κ1) is 24.4. The van der Waals surface area contributed by atoms with Gasteiger partial charge in [-0.3, -0.25) is 9.59 Å². The van der Waals surface area contributed by atoms with E-state index in [9.17, 15) is 9.59 Å². The van der Waals surface area contributed by atoms with Crippen molar-refractivity contribution < 1.29 is 66.7 Å². The Balaban J connectivity index is 0.00000196. The molecule has 2 aromatic heterocycles. The molecule has 0 aliphatic carbocycles. The summed E-state index contributed by atoms with van der Waals surface area (Å²) in [6.45, 7) is 0. The SMILES string of the molecule is C[n+]1ccc(CC(=O)c2ccc(C(=O)Cc3cc[n+](C)cc3)cc2)cc1.[I-].[I-]. The molecule has 0 N–H and O–H groups in total. The van der Waals surface area contributed by atoms with Gasteiger partial charge >= 0.3 is 0 Å². The van der Waals surface area contributed by atoms with Gasteiger partial charge in [0.2, 0.25) is 0 Å². The number of pyridine rings is 2. The van der Waals surface area contributed by atoms with Crippen LogP contribution in [0.25, 0.3) is 0 Å². The van der Waals surface area contributed by atoms with Gasteiger partial charge in [-0.15, -0.1) is 0 Å². The molecule has 0 saturated heterocycles. The summed E-state index contributed by atoms with van der Waals surface area (Å²) >= 11 is 0. The second-order valence-electron chi connectivity index (χ2n) is 6.52. The van der Waals surface area contributed by atoms with Crippen LogP contribution >= 0.6 is 0 Å². The largest absolute Gasteiger partial charge is 1.00 e. The smallest absolute Gasteiger partial charge is 0.168 e. The lowest BCUT2D eigenvalue weighted by atomic mass is 9.99. The molecule has 3 rings (SSSR count). The normalized spacial score (nSPS) is 9.79. The average molecular weight is 600 g/mol. The maximum Gasteiger partial charge on any atom is 0.168 e. The highest BCUT2D eigenvalue weighted by molar-refractivity contribution is 6.00. The molecule has 0 amide bonds. The van der Waals surface area contributed by atoms with Crippen molar-refractivity contribution >= 4 is 11.6 Å². The number of rotatable bonds is 6. The average Bonchev–Trinajstić information content (AvgIpc) is 2.65. The maximum absolute atomic E-state index is 12.4. The molecule has 0 unspecified atom stereocenters. The van der Waals surface area contributed by atoms with Crippen molar-refractivity contribution in [2.45, 2.75) is 12.8 Å². The molecule has 0 spiro atoms. The molecule has 1 aromatic carbocycles. The first-order valence-corrected chi connectivity index (χ1v) is 8.56. The van der Waals surface area contributed by atoms with Gasteiger partial charge in [0.25, 0.3) is 0 Å². The third-order valence-corrected chi connectivity index (χ3v) is 4.35. The van der Waals surface area contributed by atoms with Crippen molar-refractivity contribution in [2.24, 2.45) is 14.1 Å². The molecule has 2 heterocycles. The van der Waals surface area contributed by atoms with E-state index in [4.69, 9.17) is 0 Å². The molecule has 0 bridgehead atoms. The predicted octanol–water partition coefficient (Wildman–Crippen LogP) is -3.81. The number of aryl methyl sites for hydroxylation is 2. The van der Waals surface area contributed by atoms with Gasteiger partial charge in [0.15, 0.2) is 36.4 Å². The van der Waals surface area contributed by atoms with E-state index >= 15 is 0 Å². The van der Waals surface area contributed by atoms with Gasteiger partial charge in [0.05, 0.1) is 0 Å². The summed E-state index contributed by atoms with van der Waals surface area (Å²) in [5.74, 6) is 0.0989. The molecule has 4 nitrogen and oxygen atoms in total. The molecule has 6 heteroatoms. The fraction of sp³-hybridized carbons (Fsp3) is 0.182. The number of benzene rings is 1. The van der Waals surface area contributed by atoms with E-state index < -0.39 is 0 Å². The van der Waals surface area contributed by atoms with E-state index in [0.717, 1.165) is 11.1 Å². The predicted molar refractivity (Wildman–Crippen MR) is 97.7 cm³/mol. The number of hydrogen-bond donors (Lipinski definition) is 0. The van der Waals surface area contributed by atoms with Gasteiger partial charge in [-0.25, -0.2) is 9.13 Å². The van der Waals surface area contributed by atoms with Crippen LogP contribution in [0, 0.1) is 0 Å². The van der Waals surface area contributed by atoms with Gasteiger partial charge in [0.1, 0.15) is 14.1 Å². The standard InChI is InChI=1S/C22H22N2O2.2HI/c1-23-11-7-17(8-12-23)15-21(25)19-3-5-20(6-4-19)22(26)16-18-9-13-24(2)14-10-18;;/h3-14H,15-16H2,1-2H3;2*1H/q+2;;/p-2. The molecule has 0 atom stereocenters. The van der Waals surface area contributed by atoms with Crippen molar-refractivity contribution in [1.29, 1.82) is 0 Å². The Morgan fingerprint density at radius 1 is 0.607 bits per heavy atom. The molecule has 0 aliphatic rings.